The molecule has 0 aliphatic carbocycles. The summed E-state index contributed by atoms with van der Waals surface area (Å²) in [6.07, 6.45) is 1.69. The van der Waals surface area contributed by atoms with Crippen molar-refractivity contribution in [1.29, 1.82) is 0 Å². The molecule has 0 aromatic carbocycles. The van der Waals surface area contributed by atoms with E-state index >= 15 is 0 Å². The van der Waals surface area contributed by atoms with E-state index in [0.717, 1.165) is 12.8 Å². The number of hydrogen-bond donors (Lipinski definition) is 2. The van der Waals surface area contributed by atoms with Crippen molar-refractivity contribution in [3.8, 4) is 0 Å². The molecule has 0 aromatic rings. The molecule has 1 amide bonds. The Labute approximate surface area is 134 Å². The van der Waals surface area contributed by atoms with Crippen LogP contribution in [0, 0.1) is 0 Å². The van der Waals surface area contributed by atoms with E-state index in [1.54, 1.807) is 0 Å². The molecule has 130 valence electrons. The highest BCUT2D eigenvalue weighted by atomic mass is 32.2. The van der Waals surface area contributed by atoms with Gasteiger partial charge in [0, 0.05) is 12.6 Å². The van der Waals surface area contributed by atoms with Crippen LogP contribution in [0.4, 0.5) is 4.79 Å². The van der Waals surface area contributed by atoms with Crippen LogP contribution < -0.4 is 10.6 Å². The molecule has 0 saturated carbocycles. The molecule has 1 aliphatic rings. The van der Waals surface area contributed by atoms with Gasteiger partial charge in [0.05, 0.1) is 17.0 Å². The molecule has 1 atom stereocenters. The van der Waals surface area contributed by atoms with Crippen molar-refractivity contribution in [2.45, 2.75) is 71.1 Å². The highest BCUT2D eigenvalue weighted by Crippen LogP contribution is 2.18. The Hall–Kier alpha value is -0.820. The van der Waals surface area contributed by atoms with Gasteiger partial charge in [-0.2, -0.15) is 0 Å². The number of carbonyl (C=O) groups excluding carboxylic acids is 1. The zero-order valence-corrected chi connectivity index (χ0v) is 15.2. The molecule has 0 bridgehead atoms. The third kappa shape index (κ3) is 6.12. The molecule has 0 spiro atoms. The minimum absolute atomic E-state index is 0.0251. The first-order valence-electron chi connectivity index (χ1n) is 7.96. The van der Waals surface area contributed by atoms with Crippen molar-refractivity contribution < 1.29 is 17.9 Å². The number of sulfone groups is 1. The summed E-state index contributed by atoms with van der Waals surface area (Å²) in [6, 6.07) is -0.0251. The van der Waals surface area contributed by atoms with Gasteiger partial charge in [-0.3, -0.25) is 0 Å². The lowest BCUT2D eigenvalue weighted by Crippen LogP contribution is -2.56. The molecule has 1 rings (SSSR count). The molecule has 2 N–H and O–H groups in total. The first-order valence-corrected chi connectivity index (χ1v) is 9.78. The second kappa shape index (κ2) is 7.17. The smallest absolute Gasteiger partial charge is 0.408 e. The predicted octanol–water partition coefficient (Wildman–Crippen LogP) is 1.85. The van der Waals surface area contributed by atoms with Crippen LogP contribution in [-0.4, -0.2) is 49.7 Å². The summed E-state index contributed by atoms with van der Waals surface area (Å²) in [6.45, 7) is 10.0. The van der Waals surface area contributed by atoms with Gasteiger partial charge in [0.15, 0.2) is 9.84 Å². The monoisotopic (exact) mass is 334 g/mol. The topological polar surface area (TPSA) is 84.5 Å². The number of carbonyl (C=O) groups is 1. The number of amides is 1. The average Bonchev–Trinajstić information content (AvgIpc) is 2.72. The molecule has 1 unspecified atom stereocenters. The second-order valence-electron chi connectivity index (χ2n) is 7.10. The first kappa shape index (κ1) is 19.2. The van der Waals surface area contributed by atoms with Crippen molar-refractivity contribution in [3.63, 3.8) is 0 Å². The van der Waals surface area contributed by atoms with E-state index in [-0.39, 0.29) is 17.5 Å². The Kier molecular flexibility index (Phi) is 6.27. The predicted molar refractivity (Wildman–Crippen MR) is 87.7 cm³/mol. The minimum Gasteiger partial charge on any atom is -0.444 e. The third-order valence-corrected chi connectivity index (χ3v) is 5.85. The molecular formula is C15H30N2O4S. The molecule has 0 aromatic heterocycles. The van der Waals surface area contributed by atoms with Gasteiger partial charge in [0.1, 0.15) is 5.60 Å². The van der Waals surface area contributed by atoms with Gasteiger partial charge in [-0.05, 0) is 40.0 Å². The summed E-state index contributed by atoms with van der Waals surface area (Å²) in [7, 11) is -2.90. The lowest BCUT2D eigenvalue weighted by molar-refractivity contribution is 0.0444. The van der Waals surface area contributed by atoms with Crippen LogP contribution in [0.3, 0.4) is 0 Å². The van der Waals surface area contributed by atoms with E-state index in [1.165, 1.54) is 0 Å². The average molecular weight is 334 g/mol. The summed E-state index contributed by atoms with van der Waals surface area (Å²) >= 11 is 0. The van der Waals surface area contributed by atoms with Gasteiger partial charge in [0.25, 0.3) is 0 Å². The fourth-order valence-electron chi connectivity index (χ4n) is 2.54. The Morgan fingerprint density at radius 3 is 2.23 bits per heavy atom. The molecular weight excluding hydrogens is 304 g/mol. The van der Waals surface area contributed by atoms with Crippen LogP contribution in [0.5, 0.6) is 0 Å². The Balaban J connectivity index is 2.61. The van der Waals surface area contributed by atoms with Crippen molar-refractivity contribution >= 4 is 15.9 Å². The number of hydrogen-bond acceptors (Lipinski definition) is 5. The van der Waals surface area contributed by atoms with E-state index in [1.807, 2.05) is 34.6 Å². The maximum Gasteiger partial charge on any atom is 0.408 e. The largest absolute Gasteiger partial charge is 0.444 e. The number of nitrogens with one attached hydrogen (secondary N) is 2. The normalized spacial score (nSPS) is 21.6. The number of rotatable bonds is 6. The fraction of sp³-hybridized carbons (Fsp3) is 0.933. The summed E-state index contributed by atoms with van der Waals surface area (Å²) < 4.78 is 28.3. The Morgan fingerprint density at radius 1 is 1.23 bits per heavy atom. The van der Waals surface area contributed by atoms with Gasteiger partial charge < -0.3 is 15.4 Å². The van der Waals surface area contributed by atoms with Gasteiger partial charge in [-0.15, -0.1) is 0 Å². The maximum atomic E-state index is 12.0. The number of alkyl carbamates (subject to hydrolysis) is 1. The third-order valence-electron chi connectivity index (χ3n) is 4.08. The van der Waals surface area contributed by atoms with Crippen molar-refractivity contribution in [2.24, 2.45) is 0 Å². The van der Waals surface area contributed by atoms with E-state index in [9.17, 15) is 13.2 Å². The van der Waals surface area contributed by atoms with Gasteiger partial charge in [-0.25, -0.2) is 13.2 Å². The summed E-state index contributed by atoms with van der Waals surface area (Å²) in [4.78, 5) is 12.0. The molecule has 7 heteroatoms. The van der Waals surface area contributed by atoms with Crippen molar-refractivity contribution in [1.82, 2.24) is 10.6 Å². The van der Waals surface area contributed by atoms with E-state index in [4.69, 9.17) is 4.74 Å². The first-order chi connectivity index (χ1) is 10.0. The molecule has 6 nitrogen and oxygen atoms in total. The van der Waals surface area contributed by atoms with E-state index < -0.39 is 27.1 Å². The van der Waals surface area contributed by atoms with Crippen LogP contribution in [0.25, 0.3) is 0 Å². The zero-order chi connectivity index (χ0) is 17.0. The SMILES string of the molecule is CCC(CC)(CNC1CCS(=O)(=O)C1)NC(=O)OC(C)(C)C. The summed E-state index contributed by atoms with van der Waals surface area (Å²) in [5.74, 6) is 0.429. The van der Waals surface area contributed by atoms with Crippen LogP contribution in [-0.2, 0) is 14.6 Å². The zero-order valence-electron chi connectivity index (χ0n) is 14.4. The quantitative estimate of drug-likeness (QED) is 0.774. The van der Waals surface area contributed by atoms with E-state index in [2.05, 4.69) is 10.6 Å². The summed E-state index contributed by atoms with van der Waals surface area (Å²) in [5.41, 5.74) is -0.959. The Bertz CT molecular complexity index is 478. The number of ether oxygens (including phenoxy) is 1. The fourth-order valence-corrected chi connectivity index (χ4v) is 4.24. The maximum absolute atomic E-state index is 12.0. The summed E-state index contributed by atoms with van der Waals surface area (Å²) in [5, 5.41) is 6.26. The van der Waals surface area contributed by atoms with Crippen LogP contribution in [0.2, 0.25) is 0 Å². The van der Waals surface area contributed by atoms with Crippen LogP contribution >= 0.6 is 0 Å². The van der Waals surface area contributed by atoms with Crippen LogP contribution in [0.15, 0.2) is 0 Å². The lowest BCUT2D eigenvalue weighted by Gasteiger charge is -2.35. The molecule has 0 radical (unpaired) electrons. The molecule has 1 aliphatic heterocycles. The molecule has 22 heavy (non-hydrogen) atoms. The lowest BCUT2D eigenvalue weighted by atomic mass is 9.92. The molecule has 1 heterocycles. The highest BCUT2D eigenvalue weighted by Gasteiger charge is 2.33. The molecule has 1 saturated heterocycles. The van der Waals surface area contributed by atoms with Crippen LogP contribution in [0.1, 0.15) is 53.9 Å². The minimum atomic E-state index is -2.90. The Morgan fingerprint density at radius 2 is 1.82 bits per heavy atom. The highest BCUT2D eigenvalue weighted by molar-refractivity contribution is 7.91. The van der Waals surface area contributed by atoms with Gasteiger partial charge >= 0.3 is 6.09 Å². The van der Waals surface area contributed by atoms with Gasteiger partial charge in [0.2, 0.25) is 0 Å². The standard InChI is InChI=1S/C15H30N2O4S/c1-6-15(7-2,17-13(18)21-14(3,4)5)11-16-12-8-9-22(19,20)10-12/h12,16H,6-11H2,1-5H3,(H,17,18). The van der Waals surface area contributed by atoms with Crippen molar-refractivity contribution in [3.05, 3.63) is 0 Å². The van der Waals surface area contributed by atoms with Gasteiger partial charge in [-0.1, -0.05) is 13.8 Å². The molecule has 1 fully saturated rings. The second-order valence-corrected chi connectivity index (χ2v) is 9.32. The van der Waals surface area contributed by atoms with E-state index in [0.29, 0.717) is 13.0 Å². The van der Waals surface area contributed by atoms with Crippen molar-refractivity contribution in [2.75, 3.05) is 18.1 Å².